The Hall–Kier alpha value is -1.05. The molecule has 0 saturated heterocycles. The number of fused-ring (bicyclic) bond motifs is 3. The van der Waals surface area contributed by atoms with Gasteiger partial charge in [0.15, 0.2) is 0 Å². The van der Waals surface area contributed by atoms with Gasteiger partial charge < -0.3 is 4.74 Å². The van der Waals surface area contributed by atoms with Crippen LogP contribution in [0.2, 0.25) is 0 Å². The fourth-order valence-electron chi connectivity index (χ4n) is 5.99. The Balaban J connectivity index is 0.00000109. The highest BCUT2D eigenvalue weighted by Crippen LogP contribution is 2.61. The maximum atomic E-state index is 11.5. The van der Waals surface area contributed by atoms with E-state index in [1.54, 1.807) is 18.1 Å². The van der Waals surface area contributed by atoms with Crippen LogP contribution in [0.5, 0.6) is 0 Å². The summed E-state index contributed by atoms with van der Waals surface area (Å²) in [4.78, 5) is 11.5. The lowest BCUT2D eigenvalue weighted by Crippen LogP contribution is -2.46. The average molecular weight is 347 g/mol. The molecular formula is C23H38O2. The molecule has 0 N–H and O–H groups in total. The molecule has 3 fully saturated rings. The molecule has 0 heterocycles. The molecular weight excluding hydrogens is 308 g/mol. The van der Waals surface area contributed by atoms with Crippen LogP contribution in [-0.2, 0) is 9.53 Å². The van der Waals surface area contributed by atoms with Gasteiger partial charge in [-0.3, -0.25) is 4.79 Å². The van der Waals surface area contributed by atoms with Crippen LogP contribution >= 0.6 is 0 Å². The van der Waals surface area contributed by atoms with Crippen LogP contribution in [0.1, 0.15) is 86.5 Å². The van der Waals surface area contributed by atoms with Crippen molar-refractivity contribution >= 4 is 5.97 Å². The van der Waals surface area contributed by atoms with Gasteiger partial charge in [0.2, 0.25) is 0 Å². The van der Waals surface area contributed by atoms with Gasteiger partial charge in [-0.05, 0) is 80.8 Å². The molecule has 3 aliphatic carbocycles. The third-order valence-electron chi connectivity index (χ3n) is 6.94. The normalized spacial score (nSPS) is 40.1. The fraction of sp³-hybridized carbons (Fsp3) is 0.783. The van der Waals surface area contributed by atoms with Crippen molar-refractivity contribution in [2.75, 3.05) is 0 Å². The van der Waals surface area contributed by atoms with Crippen LogP contribution in [0, 0.1) is 23.2 Å². The predicted octanol–water partition coefficient (Wildman–Crippen LogP) is 6.46. The Morgan fingerprint density at radius 2 is 1.96 bits per heavy atom. The maximum absolute atomic E-state index is 11.5. The van der Waals surface area contributed by atoms with Gasteiger partial charge in [-0.15, -0.1) is 0 Å². The summed E-state index contributed by atoms with van der Waals surface area (Å²) >= 11 is 0. The van der Waals surface area contributed by atoms with Crippen molar-refractivity contribution < 1.29 is 9.53 Å². The molecule has 0 aromatic carbocycles. The average Bonchev–Trinajstić information content (AvgIpc) is 2.93. The van der Waals surface area contributed by atoms with Crippen LogP contribution in [0.3, 0.4) is 0 Å². The van der Waals surface area contributed by atoms with E-state index in [1.165, 1.54) is 32.1 Å². The summed E-state index contributed by atoms with van der Waals surface area (Å²) in [5, 5.41) is 0. The smallest absolute Gasteiger partial charge is 0.302 e. The van der Waals surface area contributed by atoms with E-state index in [-0.39, 0.29) is 17.5 Å². The van der Waals surface area contributed by atoms with Crippen molar-refractivity contribution in [2.24, 2.45) is 23.2 Å². The fourth-order valence-corrected chi connectivity index (χ4v) is 5.99. The molecule has 25 heavy (non-hydrogen) atoms. The van der Waals surface area contributed by atoms with Crippen molar-refractivity contribution in [1.82, 2.24) is 0 Å². The lowest BCUT2D eigenvalue weighted by molar-refractivity contribution is -0.155. The molecule has 2 heteroatoms. The van der Waals surface area contributed by atoms with E-state index in [0.717, 1.165) is 30.6 Å². The van der Waals surface area contributed by atoms with Gasteiger partial charge in [0, 0.05) is 12.3 Å². The first-order valence-electron chi connectivity index (χ1n) is 10.5. The minimum Gasteiger partial charge on any atom is -0.462 e. The van der Waals surface area contributed by atoms with Crippen molar-refractivity contribution in [1.29, 1.82) is 0 Å². The lowest BCUT2D eigenvalue weighted by Gasteiger charge is -2.51. The molecule has 0 bridgehead atoms. The Kier molecular flexibility index (Phi) is 6.93. The standard InChI is InChI=1S/C21H32O2.C2H6/c1-5-7-15-8-9-18-17(16(15)6-2)12-13-21(4)19(18)10-11-20(21)23-14(3)22;1-2/h6-7,17-20H,5,8-13H2,1-4H3;1-2H3/b15-7-,16-6+;. The number of hydrogen-bond acceptors (Lipinski definition) is 2. The zero-order valence-electron chi connectivity index (χ0n) is 17.2. The van der Waals surface area contributed by atoms with Gasteiger partial charge in [0.1, 0.15) is 6.10 Å². The topological polar surface area (TPSA) is 26.3 Å². The van der Waals surface area contributed by atoms with Crippen molar-refractivity contribution in [3.8, 4) is 0 Å². The predicted molar refractivity (Wildman–Crippen MR) is 105 cm³/mol. The summed E-state index contributed by atoms with van der Waals surface area (Å²) in [6.45, 7) is 12.4. The maximum Gasteiger partial charge on any atom is 0.302 e. The second-order valence-electron chi connectivity index (χ2n) is 8.02. The van der Waals surface area contributed by atoms with Crippen molar-refractivity contribution in [3.63, 3.8) is 0 Å². The number of carbonyl (C=O) groups excluding carboxylic acids is 1. The number of ether oxygens (including phenoxy) is 1. The number of esters is 1. The van der Waals surface area contributed by atoms with E-state index < -0.39 is 0 Å². The summed E-state index contributed by atoms with van der Waals surface area (Å²) in [7, 11) is 0. The highest BCUT2D eigenvalue weighted by molar-refractivity contribution is 5.66. The second-order valence-corrected chi connectivity index (χ2v) is 8.02. The first-order chi connectivity index (χ1) is 12.0. The summed E-state index contributed by atoms with van der Waals surface area (Å²) in [6.07, 6.45) is 13.4. The van der Waals surface area contributed by atoms with Crippen LogP contribution in [0.25, 0.3) is 0 Å². The summed E-state index contributed by atoms with van der Waals surface area (Å²) in [5.41, 5.74) is 3.44. The van der Waals surface area contributed by atoms with Crippen LogP contribution < -0.4 is 0 Å². The van der Waals surface area contributed by atoms with Crippen molar-refractivity contribution in [2.45, 2.75) is 92.6 Å². The molecule has 0 aromatic rings. The van der Waals surface area contributed by atoms with Gasteiger partial charge in [-0.2, -0.15) is 0 Å². The first-order valence-corrected chi connectivity index (χ1v) is 10.5. The van der Waals surface area contributed by atoms with Gasteiger partial charge >= 0.3 is 5.97 Å². The van der Waals surface area contributed by atoms with E-state index in [9.17, 15) is 4.79 Å². The second kappa shape index (κ2) is 8.56. The summed E-state index contributed by atoms with van der Waals surface area (Å²) in [5.74, 6) is 2.14. The number of carbonyl (C=O) groups is 1. The molecule has 3 aliphatic rings. The minimum atomic E-state index is -0.107. The zero-order valence-corrected chi connectivity index (χ0v) is 17.2. The van der Waals surface area contributed by atoms with E-state index >= 15 is 0 Å². The van der Waals surface area contributed by atoms with Gasteiger partial charge in [0.05, 0.1) is 0 Å². The Morgan fingerprint density at radius 1 is 1.24 bits per heavy atom. The molecule has 142 valence electrons. The Labute approximate surface area is 155 Å². The van der Waals surface area contributed by atoms with E-state index in [1.807, 2.05) is 13.8 Å². The van der Waals surface area contributed by atoms with Gasteiger partial charge in [-0.1, -0.05) is 39.8 Å². The summed E-state index contributed by atoms with van der Waals surface area (Å²) < 4.78 is 5.71. The minimum absolute atomic E-state index is 0.107. The largest absolute Gasteiger partial charge is 0.462 e. The third kappa shape index (κ3) is 3.73. The molecule has 2 nitrogen and oxygen atoms in total. The van der Waals surface area contributed by atoms with E-state index in [4.69, 9.17) is 4.74 Å². The van der Waals surface area contributed by atoms with Crippen LogP contribution in [0.4, 0.5) is 0 Å². The molecule has 5 unspecified atom stereocenters. The molecule has 5 atom stereocenters. The highest BCUT2D eigenvalue weighted by atomic mass is 16.5. The molecule has 0 aromatic heterocycles. The van der Waals surface area contributed by atoms with E-state index in [0.29, 0.717) is 0 Å². The van der Waals surface area contributed by atoms with E-state index in [2.05, 4.69) is 32.9 Å². The summed E-state index contributed by atoms with van der Waals surface area (Å²) in [6, 6.07) is 0. The number of rotatable bonds is 2. The Morgan fingerprint density at radius 3 is 2.56 bits per heavy atom. The highest BCUT2D eigenvalue weighted by Gasteiger charge is 2.56. The molecule has 0 aliphatic heterocycles. The number of hydrogen-bond donors (Lipinski definition) is 0. The third-order valence-corrected chi connectivity index (χ3v) is 6.94. The first kappa shape index (κ1) is 20.3. The number of allylic oxidation sites excluding steroid dienone is 4. The van der Waals surface area contributed by atoms with Crippen LogP contribution in [0.15, 0.2) is 23.3 Å². The zero-order chi connectivity index (χ0) is 18.6. The molecule has 0 radical (unpaired) electrons. The lowest BCUT2D eigenvalue weighted by atomic mass is 9.54. The monoisotopic (exact) mass is 346 g/mol. The van der Waals surface area contributed by atoms with Gasteiger partial charge in [-0.25, -0.2) is 0 Å². The molecule has 3 saturated carbocycles. The van der Waals surface area contributed by atoms with Crippen LogP contribution in [-0.4, -0.2) is 12.1 Å². The molecule has 3 rings (SSSR count). The SMILES string of the molecule is C/C=C1\C(=C/CC)CCC2C1CCC1(C)C(OC(C)=O)CCC21.CC. The molecule has 0 spiro atoms. The molecule has 0 amide bonds. The van der Waals surface area contributed by atoms with Gasteiger partial charge in [0.25, 0.3) is 0 Å². The quantitative estimate of drug-likeness (QED) is 0.536. The Bertz CT molecular complexity index is 530. The van der Waals surface area contributed by atoms with Crippen molar-refractivity contribution in [3.05, 3.63) is 23.3 Å².